The lowest BCUT2D eigenvalue weighted by Crippen LogP contribution is -2.30. The summed E-state index contributed by atoms with van der Waals surface area (Å²) < 4.78 is 31.6. The molecule has 2 aromatic carbocycles. The fourth-order valence-corrected chi connectivity index (χ4v) is 2.16. The Bertz CT molecular complexity index is 799. The van der Waals surface area contributed by atoms with E-state index in [2.05, 4.69) is 21.2 Å². The minimum Gasteiger partial charge on any atom is -0.449 e. The minimum absolute atomic E-state index is 0.0452. The van der Waals surface area contributed by atoms with Crippen LogP contribution in [0.5, 0.6) is 0 Å². The normalized spacial score (nSPS) is 11.7. The summed E-state index contributed by atoms with van der Waals surface area (Å²) in [6.45, 7) is 1.35. The van der Waals surface area contributed by atoms with Crippen molar-refractivity contribution in [3.8, 4) is 0 Å². The van der Waals surface area contributed by atoms with Gasteiger partial charge in [0.1, 0.15) is 0 Å². The quantitative estimate of drug-likeness (QED) is 0.609. The summed E-state index contributed by atoms with van der Waals surface area (Å²) in [5, 5.41) is 2.33. The van der Waals surface area contributed by atoms with E-state index in [9.17, 15) is 18.4 Å². The van der Waals surface area contributed by atoms with E-state index in [0.29, 0.717) is 4.47 Å². The molecule has 8 heteroatoms. The lowest BCUT2D eigenvalue weighted by Gasteiger charge is -2.14. The second-order valence-corrected chi connectivity index (χ2v) is 5.81. The van der Waals surface area contributed by atoms with E-state index in [4.69, 9.17) is 10.5 Å². The molecule has 0 saturated carbocycles. The molecule has 1 atom stereocenters. The Hall–Kier alpha value is -2.48. The van der Waals surface area contributed by atoms with Gasteiger partial charge in [-0.05, 0) is 37.3 Å². The number of amides is 1. The highest BCUT2D eigenvalue weighted by molar-refractivity contribution is 9.10. The summed E-state index contributed by atoms with van der Waals surface area (Å²) in [6.07, 6.45) is -1.16. The first kappa shape index (κ1) is 17.9. The van der Waals surface area contributed by atoms with Gasteiger partial charge in [-0.15, -0.1) is 0 Å². The molecule has 0 aromatic heterocycles. The molecule has 24 heavy (non-hydrogen) atoms. The number of nitrogen functional groups attached to an aromatic ring is 1. The lowest BCUT2D eigenvalue weighted by atomic mass is 10.2. The number of rotatable bonds is 4. The summed E-state index contributed by atoms with van der Waals surface area (Å²) in [7, 11) is 0. The fraction of sp³-hybridized carbons (Fsp3) is 0.125. The van der Waals surface area contributed by atoms with Crippen LogP contribution in [0.15, 0.2) is 40.9 Å². The molecule has 0 bridgehead atoms. The van der Waals surface area contributed by atoms with E-state index >= 15 is 0 Å². The maximum atomic E-state index is 13.1. The van der Waals surface area contributed by atoms with Gasteiger partial charge >= 0.3 is 5.97 Å². The van der Waals surface area contributed by atoms with Gasteiger partial charge in [-0.3, -0.25) is 4.79 Å². The van der Waals surface area contributed by atoms with Crippen LogP contribution in [0.2, 0.25) is 0 Å². The third-order valence-electron chi connectivity index (χ3n) is 3.08. The predicted octanol–water partition coefficient (Wildman–Crippen LogP) is 3.49. The number of benzene rings is 2. The molecule has 126 valence electrons. The molecule has 5 nitrogen and oxygen atoms in total. The first-order chi connectivity index (χ1) is 11.3. The Morgan fingerprint density at radius 1 is 1.17 bits per heavy atom. The lowest BCUT2D eigenvalue weighted by molar-refractivity contribution is -0.123. The van der Waals surface area contributed by atoms with E-state index in [-0.39, 0.29) is 16.9 Å². The van der Waals surface area contributed by atoms with Gasteiger partial charge < -0.3 is 15.8 Å². The van der Waals surface area contributed by atoms with Crippen LogP contribution in [0.1, 0.15) is 17.3 Å². The smallest absolute Gasteiger partial charge is 0.341 e. The summed E-state index contributed by atoms with van der Waals surface area (Å²) >= 11 is 3.21. The highest BCUT2D eigenvalue weighted by Gasteiger charge is 2.21. The van der Waals surface area contributed by atoms with E-state index in [0.717, 1.165) is 12.1 Å². The van der Waals surface area contributed by atoms with E-state index < -0.39 is 29.6 Å². The van der Waals surface area contributed by atoms with Gasteiger partial charge in [0.15, 0.2) is 17.7 Å². The van der Waals surface area contributed by atoms with Crippen molar-refractivity contribution in [2.75, 3.05) is 11.1 Å². The van der Waals surface area contributed by atoms with Crippen LogP contribution >= 0.6 is 15.9 Å². The molecule has 0 aliphatic rings. The Kier molecular flexibility index (Phi) is 5.50. The van der Waals surface area contributed by atoms with Crippen LogP contribution in [0.25, 0.3) is 0 Å². The van der Waals surface area contributed by atoms with Crippen LogP contribution in [-0.4, -0.2) is 18.0 Å². The Morgan fingerprint density at radius 3 is 2.54 bits per heavy atom. The van der Waals surface area contributed by atoms with Crippen LogP contribution in [0.4, 0.5) is 20.2 Å². The Morgan fingerprint density at radius 2 is 1.88 bits per heavy atom. The summed E-state index contributed by atoms with van der Waals surface area (Å²) in [5.41, 5.74) is 6.06. The number of nitrogens with one attached hydrogen (secondary N) is 1. The van der Waals surface area contributed by atoms with Crippen molar-refractivity contribution in [2.45, 2.75) is 13.0 Å². The minimum atomic E-state index is -1.16. The van der Waals surface area contributed by atoms with E-state index in [1.165, 1.54) is 25.1 Å². The van der Waals surface area contributed by atoms with Crippen LogP contribution in [0.3, 0.4) is 0 Å². The average molecular weight is 399 g/mol. The third kappa shape index (κ3) is 4.29. The number of hydrogen-bond donors (Lipinski definition) is 2. The van der Waals surface area contributed by atoms with Gasteiger partial charge in [-0.25, -0.2) is 13.6 Å². The Labute approximate surface area is 144 Å². The molecule has 2 rings (SSSR count). The van der Waals surface area contributed by atoms with Crippen LogP contribution in [0, 0.1) is 11.6 Å². The molecule has 1 amide bonds. The molecule has 0 heterocycles. The molecular weight excluding hydrogens is 386 g/mol. The van der Waals surface area contributed by atoms with Gasteiger partial charge in [0.2, 0.25) is 0 Å². The second-order valence-electron chi connectivity index (χ2n) is 4.90. The molecule has 0 spiro atoms. The standard InChI is InChI=1S/C16H13BrF2N2O3/c1-8(15(22)21-10-3-4-12(18)13(19)7-10)24-16(23)11-6-9(17)2-5-14(11)20/h2-8H,20H2,1H3,(H,21,22)/t8-/m0/s1. The van der Waals surface area contributed by atoms with Gasteiger partial charge in [0.05, 0.1) is 5.56 Å². The number of hydrogen-bond acceptors (Lipinski definition) is 4. The highest BCUT2D eigenvalue weighted by atomic mass is 79.9. The molecule has 2 aromatic rings. The number of halogens is 3. The number of anilines is 2. The number of carbonyl (C=O) groups is 2. The molecule has 0 fully saturated rings. The molecule has 0 saturated heterocycles. The maximum Gasteiger partial charge on any atom is 0.341 e. The van der Waals surface area contributed by atoms with Crippen molar-refractivity contribution in [2.24, 2.45) is 0 Å². The third-order valence-corrected chi connectivity index (χ3v) is 3.57. The monoisotopic (exact) mass is 398 g/mol. The zero-order valence-electron chi connectivity index (χ0n) is 12.5. The summed E-state index contributed by atoms with van der Waals surface area (Å²) in [4.78, 5) is 24.1. The molecule has 0 aliphatic carbocycles. The molecule has 0 unspecified atom stereocenters. The zero-order chi connectivity index (χ0) is 17.9. The van der Waals surface area contributed by atoms with Crippen molar-refractivity contribution < 1.29 is 23.1 Å². The summed E-state index contributed by atoms with van der Waals surface area (Å²) in [6, 6.07) is 7.55. The van der Waals surface area contributed by atoms with Gasteiger partial charge in [-0.2, -0.15) is 0 Å². The number of esters is 1. The van der Waals surface area contributed by atoms with Gasteiger partial charge in [0, 0.05) is 21.9 Å². The van der Waals surface area contributed by atoms with Crippen LogP contribution in [-0.2, 0) is 9.53 Å². The largest absolute Gasteiger partial charge is 0.449 e. The molecule has 0 radical (unpaired) electrons. The zero-order valence-corrected chi connectivity index (χ0v) is 14.1. The molecule has 3 N–H and O–H groups in total. The molecular formula is C16H13BrF2N2O3. The van der Waals surface area contributed by atoms with Crippen molar-refractivity contribution in [1.29, 1.82) is 0 Å². The first-order valence-electron chi connectivity index (χ1n) is 6.80. The van der Waals surface area contributed by atoms with Crippen molar-refractivity contribution >= 4 is 39.2 Å². The van der Waals surface area contributed by atoms with E-state index in [1.807, 2.05) is 0 Å². The van der Waals surface area contributed by atoms with E-state index in [1.54, 1.807) is 6.07 Å². The second kappa shape index (κ2) is 7.39. The van der Waals surface area contributed by atoms with Crippen molar-refractivity contribution in [1.82, 2.24) is 0 Å². The fourth-order valence-electron chi connectivity index (χ4n) is 1.80. The highest BCUT2D eigenvalue weighted by Crippen LogP contribution is 2.20. The van der Waals surface area contributed by atoms with Gasteiger partial charge in [0.25, 0.3) is 5.91 Å². The number of ether oxygens (including phenoxy) is 1. The number of carbonyl (C=O) groups excluding carboxylic acids is 2. The Balaban J connectivity index is 2.04. The van der Waals surface area contributed by atoms with Crippen molar-refractivity contribution in [3.05, 3.63) is 58.1 Å². The first-order valence-corrected chi connectivity index (χ1v) is 7.59. The summed E-state index contributed by atoms with van der Waals surface area (Å²) in [5.74, 6) is -3.60. The number of nitrogens with two attached hydrogens (primary N) is 1. The molecule has 0 aliphatic heterocycles. The predicted molar refractivity (Wildman–Crippen MR) is 88.4 cm³/mol. The average Bonchev–Trinajstić information content (AvgIpc) is 2.53. The maximum absolute atomic E-state index is 13.1. The topological polar surface area (TPSA) is 81.4 Å². The van der Waals surface area contributed by atoms with Crippen molar-refractivity contribution in [3.63, 3.8) is 0 Å². The van der Waals surface area contributed by atoms with Gasteiger partial charge in [-0.1, -0.05) is 15.9 Å². The SMILES string of the molecule is C[C@H](OC(=O)c1cc(Br)ccc1N)C(=O)Nc1ccc(F)c(F)c1. The van der Waals surface area contributed by atoms with Crippen LogP contribution < -0.4 is 11.1 Å².